The Bertz CT molecular complexity index is 166. The van der Waals surface area contributed by atoms with Crippen molar-refractivity contribution in [1.29, 1.82) is 0 Å². The minimum absolute atomic E-state index is 0.671. The summed E-state index contributed by atoms with van der Waals surface area (Å²) in [5.74, 6) is 0.751. The molecule has 0 spiro atoms. The Kier molecular flexibility index (Phi) is 9.65. The Morgan fingerprint density at radius 1 is 1.31 bits per heavy atom. The molecule has 1 N–H and O–H groups in total. The van der Waals surface area contributed by atoms with E-state index in [4.69, 9.17) is 0 Å². The Balaban J connectivity index is 3.46. The van der Waals surface area contributed by atoms with E-state index in [1.54, 1.807) is 0 Å². The molecule has 0 aromatic carbocycles. The Morgan fingerprint density at radius 3 is 2.56 bits per heavy atom. The lowest BCUT2D eigenvalue weighted by molar-refractivity contribution is 0.242. The van der Waals surface area contributed by atoms with Crippen LogP contribution in [-0.4, -0.2) is 37.6 Å². The molecule has 0 aromatic rings. The monoisotopic (exact) mass is 226 g/mol. The zero-order chi connectivity index (χ0) is 12.4. The second-order valence-electron chi connectivity index (χ2n) is 5.15. The summed E-state index contributed by atoms with van der Waals surface area (Å²) in [5.41, 5.74) is 0. The summed E-state index contributed by atoms with van der Waals surface area (Å²) < 4.78 is 0. The molecule has 0 amide bonds. The van der Waals surface area contributed by atoms with Gasteiger partial charge in [0, 0.05) is 6.04 Å². The zero-order valence-corrected chi connectivity index (χ0v) is 11.6. The molecule has 16 heavy (non-hydrogen) atoms. The van der Waals surface area contributed by atoms with Crippen LogP contribution in [-0.2, 0) is 0 Å². The molecule has 0 saturated carbocycles. The molecular formula is C14H30N2. The maximum atomic E-state index is 3.75. The number of allylic oxidation sites excluding steroid dienone is 1. The molecule has 0 aliphatic carbocycles. The van der Waals surface area contributed by atoms with Gasteiger partial charge < -0.3 is 10.2 Å². The van der Waals surface area contributed by atoms with Crippen LogP contribution < -0.4 is 5.32 Å². The topological polar surface area (TPSA) is 15.3 Å². The number of nitrogens with zero attached hydrogens (tertiary/aromatic N) is 1. The number of hydrogen-bond acceptors (Lipinski definition) is 2. The van der Waals surface area contributed by atoms with Crippen molar-refractivity contribution in [3.63, 3.8) is 0 Å². The van der Waals surface area contributed by atoms with Crippen LogP contribution in [0.5, 0.6) is 0 Å². The molecule has 0 rings (SSSR count). The summed E-state index contributed by atoms with van der Waals surface area (Å²) in [6.45, 7) is 14.0. The summed E-state index contributed by atoms with van der Waals surface area (Å²) >= 11 is 0. The van der Waals surface area contributed by atoms with E-state index in [1.165, 1.54) is 19.4 Å². The standard InChI is InChI=1S/C14H30N2/c1-6-7-8-11-16(5)14(4)9-10-15-12-13(2)3/h6,13-15H,1,7-12H2,2-5H3. The van der Waals surface area contributed by atoms with Crippen LogP contribution in [0.3, 0.4) is 0 Å². The summed E-state index contributed by atoms with van der Waals surface area (Å²) in [6, 6.07) is 0.671. The van der Waals surface area contributed by atoms with E-state index in [0.29, 0.717) is 6.04 Å². The molecule has 96 valence electrons. The molecule has 2 nitrogen and oxygen atoms in total. The molecule has 0 radical (unpaired) electrons. The Labute approximate surface area is 102 Å². The van der Waals surface area contributed by atoms with Crippen molar-refractivity contribution in [1.82, 2.24) is 10.2 Å². The van der Waals surface area contributed by atoms with Crippen LogP contribution in [0.25, 0.3) is 0 Å². The van der Waals surface area contributed by atoms with Crippen LogP contribution >= 0.6 is 0 Å². The fourth-order valence-corrected chi connectivity index (χ4v) is 1.63. The lowest BCUT2D eigenvalue weighted by Crippen LogP contribution is -2.33. The van der Waals surface area contributed by atoms with Crippen LogP contribution in [0.1, 0.15) is 40.0 Å². The van der Waals surface area contributed by atoms with Crippen LogP contribution in [0.4, 0.5) is 0 Å². The van der Waals surface area contributed by atoms with Crippen molar-refractivity contribution in [3.05, 3.63) is 12.7 Å². The molecule has 2 heteroatoms. The second-order valence-corrected chi connectivity index (χ2v) is 5.15. The Morgan fingerprint density at radius 2 is 2.00 bits per heavy atom. The average molecular weight is 226 g/mol. The third-order valence-electron chi connectivity index (χ3n) is 2.96. The minimum atomic E-state index is 0.671. The quantitative estimate of drug-likeness (QED) is 0.455. The Hall–Kier alpha value is -0.340. The van der Waals surface area contributed by atoms with Gasteiger partial charge >= 0.3 is 0 Å². The fourth-order valence-electron chi connectivity index (χ4n) is 1.63. The maximum Gasteiger partial charge on any atom is 0.00759 e. The smallest absolute Gasteiger partial charge is 0.00759 e. The first-order chi connectivity index (χ1) is 7.57. The molecule has 0 aliphatic heterocycles. The highest BCUT2D eigenvalue weighted by Crippen LogP contribution is 2.02. The normalized spacial score (nSPS) is 13.4. The van der Waals surface area contributed by atoms with E-state index in [1.807, 2.05) is 6.08 Å². The van der Waals surface area contributed by atoms with E-state index in [9.17, 15) is 0 Å². The first-order valence-corrected chi connectivity index (χ1v) is 6.59. The number of rotatable bonds is 10. The van der Waals surface area contributed by atoms with Gasteiger partial charge in [-0.1, -0.05) is 19.9 Å². The SMILES string of the molecule is C=CCCCN(C)C(C)CCNCC(C)C. The average Bonchev–Trinajstić information content (AvgIpc) is 2.24. The van der Waals surface area contributed by atoms with Gasteiger partial charge in [-0.05, 0) is 58.8 Å². The van der Waals surface area contributed by atoms with Crippen LogP contribution in [0.2, 0.25) is 0 Å². The van der Waals surface area contributed by atoms with Gasteiger partial charge in [0.2, 0.25) is 0 Å². The van der Waals surface area contributed by atoms with E-state index >= 15 is 0 Å². The maximum absolute atomic E-state index is 3.75. The van der Waals surface area contributed by atoms with Gasteiger partial charge in [0.05, 0.1) is 0 Å². The van der Waals surface area contributed by atoms with Gasteiger partial charge in [0.1, 0.15) is 0 Å². The lowest BCUT2D eigenvalue weighted by atomic mass is 10.2. The third kappa shape index (κ3) is 8.93. The predicted octanol–water partition coefficient (Wildman–Crippen LogP) is 2.91. The summed E-state index contributed by atoms with van der Waals surface area (Å²) in [4.78, 5) is 2.44. The lowest BCUT2D eigenvalue weighted by Gasteiger charge is -2.24. The van der Waals surface area contributed by atoms with Crippen molar-refractivity contribution >= 4 is 0 Å². The highest BCUT2D eigenvalue weighted by molar-refractivity contribution is 4.69. The van der Waals surface area contributed by atoms with Crippen LogP contribution in [0.15, 0.2) is 12.7 Å². The molecule has 0 saturated heterocycles. The van der Waals surface area contributed by atoms with Crippen molar-refractivity contribution in [2.75, 3.05) is 26.7 Å². The van der Waals surface area contributed by atoms with Crippen LogP contribution in [0, 0.1) is 5.92 Å². The van der Waals surface area contributed by atoms with Crippen molar-refractivity contribution in [3.8, 4) is 0 Å². The zero-order valence-electron chi connectivity index (χ0n) is 11.6. The highest BCUT2D eigenvalue weighted by atomic mass is 15.1. The van der Waals surface area contributed by atoms with Gasteiger partial charge in [-0.3, -0.25) is 0 Å². The summed E-state index contributed by atoms with van der Waals surface area (Å²) in [6.07, 6.45) is 5.59. The second kappa shape index (κ2) is 9.86. The molecule has 1 unspecified atom stereocenters. The van der Waals surface area contributed by atoms with E-state index in [0.717, 1.165) is 25.4 Å². The van der Waals surface area contributed by atoms with Gasteiger partial charge in [-0.25, -0.2) is 0 Å². The molecule has 0 heterocycles. The van der Waals surface area contributed by atoms with Gasteiger partial charge in [-0.15, -0.1) is 6.58 Å². The molecule has 0 fully saturated rings. The van der Waals surface area contributed by atoms with Crippen molar-refractivity contribution in [2.24, 2.45) is 5.92 Å². The number of nitrogens with one attached hydrogen (secondary N) is 1. The van der Waals surface area contributed by atoms with E-state index in [-0.39, 0.29) is 0 Å². The molecule has 0 aromatic heterocycles. The van der Waals surface area contributed by atoms with E-state index < -0.39 is 0 Å². The number of hydrogen-bond donors (Lipinski definition) is 1. The summed E-state index contributed by atoms with van der Waals surface area (Å²) in [5, 5.41) is 3.50. The largest absolute Gasteiger partial charge is 0.316 e. The molecule has 0 bridgehead atoms. The molecule has 1 atom stereocenters. The third-order valence-corrected chi connectivity index (χ3v) is 2.96. The highest BCUT2D eigenvalue weighted by Gasteiger charge is 2.07. The first kappa shape index (κ1) is 15.7. The van der Waals surface area contributed by atoms with Crippen molar-refractivity contribution in [2.45, 2.75) is 46.1 Å². The van der Waals surface area contributed by atoms with Gasteiger partial charge in [0.15, 0.2) is 0 Å². The molecular weight excluding hydrogens is 196 g/mol. The molecule has 0 aliphatic rings. The predicted molar refractivity (Wildman–Crippen MR) is 73.8 cm³/mol. The first-order valence-electron chi connectivity index (χ1n) is 6.59. The van der Waals surface area contributed by atoms with Gasteiger partial charge in [0.25, 0.3) is 0 Å². The number of unbranched alkanes of at least 4 members (excludes halogenated alkanes) is 1. The van der Waals surface area contributed by atoms with E-state index in [2.05, 4.69) is 44.6 Å². The van der Waals surface area contributed by atoms with Crippen molar-refractivity contribution < 1.29 is 0 Å². The minimum Gasteiger partial charge on any atom is -0.316 e. The summed E-state index contributed by atoms with van der Waals surface area (Å²) in [7, 11) is 2.22. The fraction of sp³-hybridized carbons (Fsp3) is 0.857. The van der Waals surface area contributed by atoms with Gasteiger partial charge in [-0.2, -0.15) is 0 Å².